The van der Waals surface area contributed by atoms with Gasteiger partial charge in [0.1, 0.15) is 0 Å². The third kappa shape index (κ3) is 3.43. The molecule has 8 nitrogen and oxygen atoms in total. The zero-order valence-electron chi connectivity index (χ0n) is 10.9. The van der Waals surface area contributed by atoms with E-state index < -0.39 is 0 Å². The molecule has 2 rings (SSSR count). The summed E-state index contributed by atoms with van der Waals surface area (Å²) in [4.78, 5) is 26.7. The SMILES string of the molecule is CC(=O)N1CCN(C(=O)CSc2nnnn2C)CC1. The number of carbonyl (C=O) groups excluding carboxylic acids is 2. The van der Waals surface area contributed by atoms with Crippen LogP contribution in [0, 0.1) is 0 Å². The number of carbonyl (C=O) groups is 2. The van der Waals surface area contributed by atoms with Gasteiger partial charge in [-0.1, -0.05) is 11.8 Å². The summed E-state index contributed by atoms with van der Waals surface area (Å²) in [5.74, 6) is 0.428. The Morgan fingerprint density at radius 1 is 1.21 bits per heavy atom. The molecule has 9 heteroatoms. The molecule has 0 saturated carbocycles. The maximum absolute atomic E-state index is 12.0. The molecule has 0 unspecified atom stereocenters. The van der Waals surface area contributed by atoms with Crippen LogP contribution in [0.2, 0.25) is 0 Å². The predicted octanol–water partition coefficient (Wildman–Crippen LogP) is -1.01. The van der Waals surface area contributed by atoms with E-state index in [0.29, 0.717) is 37.1 Å². The summed E-state index contributed by atoms with van der Waals surface area (Å²) in [5, 5.41) is 11.6. The van der Waals surface area contributed by atoms with E-state index in [0.717, 1.165) is 0 Å². The second-order valence-corrected chi connectivity index (χ2v) is 5.20. The Kier molecular flexibility index (Phi) is 4.35. The lowest BCUT2D eigenvalue weighted by molar-refractivity contribution is -0.136. The maximum Gasteiger partial charge on any atom is 0.233 e. The van der Waals surface area contributed by atoms with Crippen LogP contribution in [-0.2, 0) is 16.6 Å². The second-order valence-electron chi connectivity index (χ2n) is 4.26. The van der Waals surface area contributed by atoms with E-state index in [1.165, 1.54) is 16.4 Å². The normalized spacial score (nSPS) is 15.7. The van der Waals surface area contributed by atoms with Crippen LogP contribution in [-0.4, -0.2) is 73.8 Å². The lowest BCUT2D eigenvalue weighted by Gasteiger charge is -2.34. The highest BCUT2D eigenvalue weighted by Crippen LogP contribution is 2.14. The van der Waals surface area contributed by atoms with Gasteiger partial charge >= 0.3 is 0 Å². The molecule has 0 aromatic carbocycles. The molecule has 2 amide bonds. The first kappa shape index (κ1) is 13.8. The van der Waals surface area contributed by atoms with Crippen LogP contribution in [0.3, 0.4) is 0 Å². The Balaban J connectivity index is 1.79. The van der Waals surface area contributed by atoms with Crippen molar-refractivity contribution < 1.29 is 9.59 Å². The molecule has 0 spiro atoms. The van der Waals surface area contributed by atoms with Crippen LogP contribution in [0.25, 0.3) is 0 Å². The second kappa shape index (κ2) is 6.00. The smallest absolute Gasteiger partial charge is 0.233 e. The van der Waals surface area contributed by atoms with E-state index in [-0.39, 0.29) is 11.8 Å². The van der Waals surface area contributed by atoms with Gasteiger partial charge in [-0.15, -0.1) is 5.10 Å². The molecule has 104 valence electrons. The molecule has 0 N–H and O–H groups in total. The molecule has 0 bridgehead atoms. The van der Waals surface area contributed by atoms with Crippen molar-refractivity contribution in [2.45, 2.75) is 12.1 Å². The van der Waals surface area contributed by atoms with Crippen molar-refractivity contribution in [1.29, 1.82) is 0 Å². The van der Waals surface area contributed by atoms with Crippen molar-refractivity contribution >= 4 is 23.6 Å². The van der Waals surface area contributed by atoms with Crippen LogP contribution in [0.15, 0.2) is 5.16 Å². The number of nitrogens with zero attached hydrogens (tertiary/aromatic N) is 6. The first-order valence-electron chi connectivity index (χ1n) is 5.96. The lowest BCUT2D eigenvalue weighted by Crippen LogP contribution is -2.50. The van der Waals surface area contributed by atoms with Crippen LogP contribution < -0.4 is 0 Å². The molecule has 0 atom stereocenters. The third-order valence-corrected chi connectivity index (χ3v) is 3.98. The summed E-state index contributed by atoms with van der Waals surface area (Å²) in [6.45, 7) is 3.95. The van der Waals surface area contributed by atoms with Crippen molar-refractivity contribution in [3.05, 3.63) is 0 Å². The number of aryl methyl sites for hydroxylation is 1. The van der Waals surface area contributed by atoms with Crippen LogP contribution in [0.5, 0.6) is 0 Å². The van der Waals surface area contributed by atoms with Crippen LogP contribution >= 0.6 is 11.8 Å². The Bertz CT molecular complexity index is 468. The number of hydrogen-bond acceptors (Lipinski definition) is 6. The van der Waals surface area contributed by atoms with E-state index in [4.69, 9.17) is 0 Å². The number of tetrazole rings is 1. The zero-order chi connectivity index (χ0) is 13.8. The molecule has 1 aromatic heterocycles. The molecule has 1 aliphatic rings. The zero-order valence-corrected chi connectivity index (χ0v) is 11.8. The summed E-state index contributed by atoms with van der Waals surface area (Å²) in [5.41, 5.74) is 0. The summed E-state index contributed by atoms with van der Waals surface area (Å²) in [7, 11) is 1.73. The van der Waals surface area contributed by atoms with Gasteiger partial charge in [-0.3, -0.25) is 9.59 Å². The first-order valence-corrected chi connectivity index (χ1v) is 6.95. The van der Waals surface area contributed by atoms with Gasteiger partial charge in [0.05, 0.1) is 5.75 Å². The fourth-order valence-electron chi connectivity index (χ4n) is 1.83. The van der Waals surface area contributed by atoms with Gasteiger partial charge in [-0.2, -0.15) is 0 Å². The van der Waals surface area contributed by atoms with Gasteiger partial charge in [-0.05, 0) is 10.4 Å². The van der Waals surface area contributed by atoms with Crippen molar-refractivity contribution in [1.82, 2.24) is 30.0 Å². The first-order chi connectivity index (χ1) is 9.08. The molecule has 0 aliphatic carbocycles. The van der Waals surface area contributed by atoms with E-state index >= 15 is 0 Å². The largest absolute Gasteiger partial charge is 0.339 e. The Morgan fingerprint density at radius 2 is 1.84 bits per heavy atom. The minimum Gasteiger partial charge on any atom is -0.339 e. The lowest BCUT2D eigenvalue weighted by atomic mass is 10.3. The topological polar surface area (TPSA) is 84.2 Å². The van der Waals surface area contributed by atoms with Gasteiger partial charge in [-0.25, -0.2) is 4.68 Å². The van der Waals surface area contributed by atoms with Gasteiger partial charge in [0.15, 0.2) is 0 Å². The minimum absolute atomic E-state index is 0.0520. The van der Waals surface area contributed by atoms with Gasteiger partial charge in [0.2, 0.25) is 17.0 Å². The highest BCUT2D eigenvalue weighted by Gasteiger charge is 2.22. The molecule has 1 aliphatic heterocycles. The number of amides is 2. The van der Waals surface area contributed by atoms with E-state index in [1.54, 1.807) is 23.8 Å². The summed E-state index contributed by atoms with van der Waals surface area (Å²) in [6, 6.07) is 0. The highest BCUT2D eigenvalue weighted by atomic mass is 32.2. The number of rotatable bonds is 3. The van der Waals surface area contributed by atoms with Crippen LogP contribution in [0.4, 0.5) is 0 Å². The summed E-state index contributed by atoms with van der Waals surface area (Å²) >= 11 is 1.32. The van der Waals surface area contributed by atoms with Crippen LogP contribution in [0.1, 0.15) is 6.92 Å². The molecule has 1 aromatic rings. The number of piperazine rings is 1. The quantitative estimate of drug-likeness (QED) is 0.662. The molecular weight excluding hydrogens is 268 g/mol. The molecular formula is C10H16N6O2S. The summed E-state index contributed by atoms with van der Waals surface area (Å²) in [6.07, 6.45) is 0. The van der Waals surface area contributed by atoms with E-state index in [9.17, 15) is 9.59 Å². The fraction of sp³-hybridized carbons (Fsp3) is 0.700. The maximum atomic E-state index is 12.0. The predicted molar refractivity (Wildman–Crippen MR) is 68.4 cm³/mol. The van der Waals surface area contributed by atoms with E-state index in [2.05, 4.69) is 15.5 Å². The fourth-order valence-corrected chi connectivity index (χ4v) is 2.58. The van der Waals surface area contributed by atoms with Gasteiger partial charge in [0.25, 0.3) is 0 Å². The standard InChI is InChI=1S/C10H16N6O2S/c1-8(17)15-3-5-16(6-4-15)9(18)7-19-10-11-12-13-14(10)2/h3-7H2,1-2H3. The molecule has 1 saturated heterocycles. The Hall–Kier alpha value is -1.64. The number of aromatic nitrogens is 4. The monoisotopic (exact) mass is 284 g/mol. The Labute approximate surface area is 115 Å². The number of thioether (sulfide) groups is 1. The van der Waals surface area contributed by atoms with Gasteiger partial charge in [0, 0.05) is 40.2 Å². The molecule has 2 heterocycles. The molecule has 1 fully saturated rings. The third-order valence-electron chi connectivity index (χ3n) is 2.98. The van der Waals surface area contributed by atoms with E-state index in [1.807, 2.05) is 0 Å². The highest BCUT2D eigenvalue weighted by molar-refractivity contribution is 7.99. The van der Waals surface area contributed by atoms with Crippen molar-refractivity contribution in [3.8, 4) is 0 Å². The number of hydrogen-bond donors (Lipinski definition) is 0. The Morgan fingerprint density at radius 3 is 2.37 bits per heavy atom. The summed E-state index contributed by atoms with van der Waals surface area (Å²) < 4.78 is 1.53. The average Bonchev–Trinajstić information content (AvgIpc) is 2.81. The minimum atomic E-state index is 0.0520. The van der Waals surface area contributed by atoms with Crippen molar-refractivity contribution in [2.75, 3.05) is 31.9 Å². The van der Waals surface area contributed by atoms with Gasteiger partial charge < -0.3 is 9.80 Å². The molecule has 19 heavy (non-hydrogen) atoms. The van der Waals surface area contributed by atoms with Crippen molar-refractivity contribution in [3.63, 3.8) is 0 Å². The molecule has 0 radical (unpaired) electrons. The average molecular weight is 284 g/mol. The van der Waals surface area contributed by atoms with Crippen molar-refractivity contribution in [2.24, 2.45) is 7.05 Å².